The number of carbonyl (C=O) groups excluding carboxylic acids is 1. The van der Waals surface area contributed by atoms with Gasteiger partial charge in [-0.05, 0) is 58.0 Å². The third kappa shape index (κ3) is 6.50. The van der Waals surface area contributed by atoms with Crippen molar-refractivity contribution in [3.8, 4) is 11.3 Å². The molecule has 44 heavy (non-hydrogen) atoms. The average molecular weight is 600 g/mol. The van der Waals surface area contributed by atoms with Crippen LogP contribution in [0.1, 0.15) is 65.5 Å². The minimum atomic E-state index is -0.715. The number of hydrogen-bond donors (Lipinski definition) is 0. The molecule has 0 saturated carbocycles. The Labute approximate surface area is 255 Å². The van der Waals surface area contributed by atoms with Crippen LogP contribution in [-0.2, 0) is 24.2 Å². The number of nitrogens with zero attached hydrogens (tertiary/aromatic N) is 5. The molecule has 4 aromatic heterocycles. The zero-order chi connectivity index (χ0) is 31.4. The fraction of sp³-hybridized carbons (Fsp3) is 0.353. The minimum absolute atomic E-state index is 0.0521. The topological polar surface area (TPSA) is 94.9 Å². The number of furan rings is 1. The highest BCUT2D eigenvalue weighted by molar-refractivity contribution is 5.89. The number of rotatable bonds is 12. The van der Waals surface area contributed by atoms with Gasteiger partial charge in [-0.3, -0.25) is 9.78 Å². The normalized spacial score (nSPS) is 11.6. The largest absolute Gasteiger partial charge is 0.466 e. The second-order valence-corrected chi connectivity index (χ2v) is 11.1. The first-order valence-corrected chi connectivity index (χ1v) is 14.9. The monoisotopic (exact) mass is 599 g/mol. The van der Waals surface area contributed by atoms with Crippen molar-refractivity contribution < 1.29 is 18.3 Å². The van der Waals surface area contributed by atoms with E-state index >= 15 is 0 Å². The van der Waals surface area contributed by atoms with Crippen molar-refractivity contribution in [1.82, 2.24) is 23.8 Å². The summed E-state index contributed by atoms with van der Waals surface area (Å²) in [5.74, 6) is 0.546. The summed E-state index contributed by atoms with van der Waals surface area (Å²) in [6.45, 7) is 8.62. The van der Waals surface area contributed by atoms with Gasteiger partial charge in [0.15, 0.2) is 0 Å². The molecule has 5 rings (SSSR count). The summed E-state index contributed by atoms with van der Waals surface area (Å²) >= 11 is 0. The van der Waals surface area contributed by atoms with Crippen LogP contribution < -0.4 is 5.56 Å². The third-order valence-corrected chi connectivity index (χ3v) is 7.82. The lowest BCUT2D eigenvalue weighted by Gasteiger charge is -2.18. The SMILES string of the molecule is CCC(CC)OC(=O)c1cn(Cc2ccccc2F)c2nc(-c3cc(C)oc3C)c(CN(C)CCc3ccccn3)n2c1=O. The molecular weight excluding hydrogens is 561 g/mol. The molecule has 4 heterocycles. The van der Waals surface area contributed by atoms with Crippen LogP contribution in [0.2, 0.25) is 0 Å². The van der Waals surface area contributed by atoms with E-state index in [4.69, 9.17) is 14.1 Å². The van der Waals surface area contributed by atoms with Crippen LogP contribution in [0.15, 0.2) is 70.1 Å². The molecule has 0 unspecified atom stereocenters. The van der Waals surface area contributed by atoms with Gasteiger partial charge in [-0.15, -0.1) is 0 Å². The van der Waals surface area contributed by atoms with Gasteiger partial charge in [0.05, 0.1) is 17.9 Å². The van der Waals surface area contributed by atoms with Crippen molar-refractivity contribution in [3.05, 3.63) is 111 Å². The molecule has 0 bridgehead atoms. The predicted molar refractivity (Wildman–Crippen MR) is 166 cm³/mol. The number of aryl methyl sites for hydroxylation is 2. The van der Waals surface area contributed by atoms with E-state index in [1.165, 1.54) is 16.7 Å². The highest BCUT2D eigenvalue weighted by Gasteiger charge is 2.27. The summed E-state index contributed by atoms with van der Waals surface area (Å²) in [7, 11) is 1.96. The van der Waals surface area contributed by atoms with Gasteiger partial charge >= 0.3 is 5.97 Å². The van der Waals surface area contributed by atoms with Crippen LogP contribution in [0.3, 0.4) is 0 Å². The fourth-order valence-corrected chi connectivity index (χ4v) is 5.39. The van der Waals surface area contributed by atoms with Crippen molar-refractivity contribution in [2.45, 2.75) is 66.2 Å². The predicted octanol–water partition coefficient (Wildman–Crippen LogP) is 5.98. The Bertz CT molecular complexity index is 1820. The molecule has 10 heteroatoms. The second kappa shape index (κ2) is 13.4. The molecule has 5 aromatic rings. The van der Waals surface area contributed by atoms with Gasteiger partial charge in [0.25, 0.3) is 5.56 Å². The molecule has 0 amide bonds. The molecule has 0 atom stereocenters. The standard InChI is InChI=1S/C34H38FN5O4/c1-6-26(7-2)44-33(42)28-20-39(19-24-12-8-9-14-29(24)35)34-37-31(27-18-22(3)43-23(27)4)30(40(34)32(28)41)21-38(5)17-15-25-13-10-11-16-36-25/h8-14,16,18,20,26H,6-7,15,17,19,21H2,1-5H3. The van der Waals surface area contributed by atoms with Gasteiger partial charge < -0.3 is 18.6 Å². The molecular formula is C34H38FN5O4. The van der Waals surface area contributed by atoms with Gasteiger partial charge in [0.2, 0.25) is 5.78 Å². The first kappa shape index (κ1) is 30.9. The Morgan fingerprint density at radius 3 is 2.52 bits per heavy atom. The van der Waals surface area contributed by atoms with E-state index in [9.17, 15) is 14.0 Å². The minimum Gasteiger partial charge on any atom is -0.466 e. The maximum atomic E-state index is 14.9. The molecule has 1 aromatic carbocycles. The maximum absolute atomic E-state index is 14.9. The number of halogens is 1. The van der Waals surface area contributed by atoms with Gasteiger partial charge in [0, 0.05) is 48.7 Å². The van der Waals surface area contributed by atoms with Gasteiger partial charge in [-0.2, -0.15) is 0 Å². The van der Waals surface area contributed by atoms with E-state index in [1.807, 2.05) is 59.0 Å². The van der Waals surface area contributed by atoms with Gasteiger partial charge in [-0.25, -0.2) is 18.6 Å². The second-order valence-electron chi connectivity index (χ2n) is 11.1. The Kier molecular flexibility index (Phi) is 9.39. The van der Waals surface area contributed by atoms with Crippen molar-refractivity contribution in [2.24, 2.45) is 0 Å². The van der Waals surface area contributed by atoms with E-state index in [0.717, 1.165) is 11.3 Å². The molecule has 0 fully saturated rings. The van der Waals surface area contributed by atoms with Crippen molar-refractivity contribution in [2.75, 3.05) is 13.6 Å². The van der Waals surface area contributed by atoms with Crippen LogP contribution >= 0.6 is 0 Å². The maximum Gasteiger partial charge on any atom is 0.345 e. The van der Waals surface area contributed by atoms with Crippen molar-refractivity contribution in [1.29, 1.82) is 0 Å². The van der Waals surface area contributed by atoms with Crippen LogP contribution in [0, 0.1) is 19.7 Å². The fourth-order valence-electron chi connectivity index (χ4n) is 5.39. The Morgan fingerprint density at radius 2 is 1.86 bits per heavy atom. The summed E-state index contributed by atoms with van der Waals surface area (Å²) < 4.78 is 29.6. The number of ether oxygens (including phenoxy) is 1. The summed E-state index contributed by atoms with van der Waals surface area (Å²) in [5.41, 5.74) is 2.58. The number of likely N-dealkylation sites (N-methyl/N-ethyl adjacent to an activating group) is 1. The first-order valence-electron chi connectivity index (χ1n) is 14.9. The lowest BCUT2D eigenvalue weighted by atomic mass is 10.1. The molecule has 0 aliphatic carbocycles. The number of fused-ring (bicyclic) bond motifs is 1. The van der Waals surface area contributed by atoms with E-state index in [2.05, 4.69) is 9.88 Å². The third-order valence-electron chi connectivity index (χ3n) is 7.82. The zero-order valence-electron chi connectivity index (χ0n) is 25.8. The van der Waals surface area contributed by atoms with E-state index in [0.29, 0.717) is 66.6 Å². The number of aromatic nitrogens is 4. The lowest BCUT2D eigenvalue weighted by molar-refractivity contribution is 0.0281. The summed E-state index contributed by atoms with van der Waals surface area (Å²) in [5, 5.41) is 0. The molecule has 230 valence electrons. The van der Waals surface area contributed by atoms with Crippen LogP contribution in [0.5, 0.6) is 0 Å². The summed E-state index contributed by atoms with van der Waals surface area (Å²) in [4.78, 5) is 39.1. The number of pyridine rings is 1. The van der Waals surface area contributed by atoms with Crippen molar-refractivity contribution in [3.63, 3.8) is 0 Å². The van der Waals surface area contributed by atoms with E-state index < -0.39 is 17.3 Å². The number of benzene rings is 1. The van der Waals surface area contributed by atoms with E-state index in [-0.39, 0.29) is 18.2 Å². The molecule has 0 aliphatic rings. The highest BCUT2D eigenvalue weighted by atomic mass is 19.1. The molecule has 9 nitrogen and oxygen atoms in total. The van der Waals surface area contributed by atoms with Gasteiger partial charge in [0.1, 0.15) is 29.0 Å². The number of hydrogen-bond acceptors (Lipinski definition) is 7. The number of imidazole rings is 1. The number of carbonyl (C=O) groups is 1. The zero-order valence-corrected chi connectivity index (χ0v) is 25.8. The summed E-state index contributed by atoms with van der Waals surface area (Å²) in [6.07, 6.45) is 4.82. The van der Waals surface area contributed by atoms with Crippen LogP contribution in [0.4, 0.5) is 4.39 Å². The number of esters is 1. The Balaban J connectivity index is 1.69. The molecule has 0 radical (unpaired) electrons. The van der Waals surface area contributed by atoms with Crippen molar-refractivity contribution >= 4 is 11.7 Å². The van der Waals surface area contributed by atoms with E-state index in [1.54, 1.807) is 29.0 Å². The first-order chi connectivity index (χ1) is 21.2. The van der Waals surface area contributed by atoms with Crippen LogP contribution in [-0.4, -0.2) is 49.5 Å². The lowest BCUT2D eigenvalue weighted by Crippen LogP contribution is -2.31. The highest BCUT2D eigenvalue weighted by Crippen LogP contribution is 2.30. The smallest absolute Gasteiger partial charge is 0.345 e. The molecule has 0 aliphatic heterocycles. The van der Waals surface area contributed by atoms with Crippen LogP contribution in [0.25, 0.3) is 17.0 Å². The Hall–Kier alpha value is -4.57. The Morgan fingerprint density at radius 1 is 1.11 bits per heavy atom. The van der Waals surface area contributed by atoms with Gasteiger partial charge in [-0.1, -0.05) is 38.1 Å². The molecule has 0 spiro atoms. The molecule has 0 N–H and O–H groups in total. The average Bonchev–Trinajstić information content (AvgIpc) is 3.56. The quantitative estimate of drug-likeness (QED) is 0.163. The molecule has 0 saturated heterocycles. The summed E-state index contributed by atoms with van der Waals surface area (Å²) in [6, 6.07) is 14.1.